The fourth-order valence-corrected chi connectivity index (χ4v) is 1.15. The molecule has 0 saturated heterocycles. The monoisotopic (exact) mass is 174 g/mol. The molecule has 0 spiro atoms. The highest BCUT2D eigenvalue weighted by Crippen LogP contribution is 2.05. The van der Waals surface area contributed by atoms with Gasteiger partial charge in [-0.05, 0) is 20.8 Å². The highest BCUT2D eigenvalue weighted by atomic mass is 16.5. The molecule has 2 atom stereocenters. The minimum Gasteiger partial charge on any atom is -0.463 e. The van der Waals surface area contributed by atoms with Gasteiger partial charge >= 0.3 is 5.97 Å². The number of carbonyl (C=O) groups excluding carboxylic acids is 1. The SMILES string of the molecule is CCOC(C)CC(C)OC(C)=O. The summed E-state index contributed by atoms with van der Waals surface area (Å²) in [5.74, 6) is -0.230. The number of esters is 1. The van der Waals surface area contributed by atoms with E-state index in [-0.39, 0.29) is 18.2 Å². The lowest BCUT2D eigenvalue weighted by Crippen LogP contribution is -2.20. The summed E-state index contributed by atoms with van der Waals surface area (Å²) in [5.41, 5.74) is 0. The van der Waals surface area contributed by atoms with E-state index in [1.807, 2.05) is 20.8 Å². The molecule has 0 aromatic heterocycles. The number of carbonyl (C=O) groups is 1. The van der Waals surface area contributed by atoms with Crippen molar-refractivity contribution >= 4 is 5.97 Å². The van der Waals surface area contributed by atoms with Crippen molar-refractivity contribution in [3.8, 4) is 0 Å². The van der Waals surface area contributed by atoms with Crippen LogP contribution in [0.25, 0.3) is 0 Å². The lowest BCUT2D eigenvalue weighted by molar-refractivity contribution is -0.146. The predicted molar refractivity (Wildman–Crippen MR) is 46.9 cm³/mol. The molecule has 72 valence electrons. The van der Waals surface area contributed by atoms with E-state index in [4.69, 9.17) is 9.47 Å². The molecule has 0 radical (unpaired) electrons. The highest BCUT2D eigenvalue weighted by molar-refractivity contribution is 5.66. The first-order chi connectivity index (χ1) is 5.56. The summed E-state index contributed by atoms with van der Waals surface area (Å²) < 4.78 is 10.3. The van der Waals surface area contributed by atoms with Crippen LogP contribution in [0.15, 0.2) is 0 Å². The van der Waals surface area contributed by atoms with Gasteiger partial charge < -0.3 is 9.47 Å². The maximum Gasteiger partial charge on any atom is 0.302 e. The summed E-state index contributed by atoms with van der Waals surface area (Å²) in [7, 11) is 0. The fraction of sp³-hybridized carbons (Fsp3) is 0.889. The molecule has 0 aromatic carbocycles. The van der Waals surface area contributed by atoms with Gasteiger partial charge in [0, 0.05) is 20.0 Å². The largest absolute Gasteiger partial charge is 0.463 e. The Morgan fingerprint density at radius 3 is 2.33 bits per heavy atom. The number of ether oxygens (including phenoxy) is 2. The standard InChI is InChI=1S/C9H18O3/c1-5-11-7(2)6-8(3)12-9(4)10/h7-8H,5-6H2,1-4H3. The van der Waals surface area contributed by atoms with Gasteiger partial charge in [0.15, 0.2) is 0 Å². The quantitative estimate of drug-likeness (QED) is 0.596. The lowest BCUT2D eigenvalue weighted by Gasteiger charge is -2.16. The van der Waals surface area contributed by atoms with E-state index in [1.54, 1.807) is 0 Å². The Bertz CT molecular complexity index is 134. The number of rotatable bonds is 5. The Morgan fingerprint density at radius 1 is 1.33 bits per heavy atom. The molecule has 0 saturated carbocycles. The van der Waals surface area contributed by atoms with Gasteiger partial charge in [-0.3, -0.25) is 4.79 Å². The summed E-state index contributed by atoms with van der Waals surface area (Å²) in [5, 5.41) is 0. The maximum absolute atomic E-state index is 10.5. The van der Waals surface area contributed by atoms with E-state index in [2.05, 4.69) is 0 Å². The Morgan fingerprint density at radius 2 is 1.92 bits per heavy atom. The molecule has 0 aliphatic carbocycles. The maximum atomic E-state index is 10.5. The first kappa shape index (κ1) is 11.4. The minimum atomic E-state index is -0.230. The molecule has 0 aromatic rings. The van der Waals surface area contributed by atoms with E-state index in [1.165, 1.54) is 6.92 Å². The summed E-state index contributed by atoms with van der Waals surface area (Å²) in [6.45, 7) is 7.92. The van der Waals surface area contributed by atoms with E-state index in [0.717, 1.165) is 6.42 Å². The second kappa shape index (κ2) is 6.00. The van der Waals surface area contributed by atoms with Crippen molar-refractivity contribution in [3.05, 3.63) is 0 Å². The van der Waals surface area contributed by atoms with Crippen LogP contribution in [0.4, 0.5) is 0 Å². The van der Waals surface area contributed by atoms with Gasteiger partial charge in [-0.25, -0.2) is 0 Å². The Balaban J connectivity index is 3.53. The van der Waals surface area contributed by atoms with Crippen LogP contribution < -0.4 is 0 Å². The van der Waals surface area contributed by atoms with Gasteiger partial charge in [0.25, 0.3) is 0 Å². The average Bonchev–Trinajstić information content (AvgIpc) is 1.84. The molecule has 3 heteroatoms. The highest BCUT2D eigenvalue weighted by Gasteiger charge is 2.10. The van der Waals surface area contributed by atoms with E-state index >= 15 is 0 Å². The molecule has 0 amide bonds. The molecule has 0 fully saturated rings. The third-order valence-electron chi connectivity index (χ3n) is 1.48. The molecule has 0 bridgehead atoms. The van der Waals surface area contributed by atoms with Gasteiger partial charge in [-0.15, -0.1) is 0 Å². The average molecular weight is 174 g/mol. The van der Waals surface area contributed by atoms with Crippen LogP contribution >= 0.6 is 0 Å². The number of hydrogen-bond donors (Lipinski definition) is 0. The molecule has 12 heavy (non-hydrogen) atoms. The van der Waals surface area contributed by atoms with Gasteiger partial charge in [-0.1, -0.05) is 0 Å². The van der Waals surface area contributed by atoms with Gasteiger partial charge in [0.2, 0.25) is 0 Å². The second-order valence-corrected chi connectivity index (χ2v) is 2.92. The third-order valence-corrected chi connectivity index (χ3v) is 1.48. The Kier molecular flexibility index (Phi) is 5.72. The lowest BCUT2D eigenvalue weighted by atomic mass is 10.2. The summed E-state index contributed by atoms with van der Waals surface area (Å²) in [6.07, 6.45) is 0.862. The predicted octanol–water partition coefficient (Wildman–Crippen LogP) is 1.75. The van der Waals surface area contributed by atoms with Crippen LogP contribution in [0.3, 0.4) is 0 Å². The second-order valence-electron chi connectivity index (χ2n) is 2.92. The Hall–Kier alpha value is -0.570. The molecule has 0 aliphatic rings. The molecular weight excluding hydrogens is 156 g/mol. The van der Waals surface area contributed by atoms with Crippen molar-refractivity contribution in [2.75, 3.05) is 6.61 Å². The smallest absolute Gasteiger partial charge is 0.302 e. The van der Waals surface area contributed by atoms with E-state index in [9.17, 15) is 4.79 Å². The van der Waals surface area contributed by atoms with Crippen molar-refractivity contribution in [1.82, 2.24) is 0 Å². The first-order valence-electron chi connectivity index (χ1n) is 4.35. The fourth-order valence-electron chi connectivity index (χ4n) is 1.15. The van der Waals surface area contributed by atoms with Gasteiger partial charge in [-0.2, -0.15) is 0 Å². The zero-order valence-electron chi connectivity index (χ0n) is 8.29. The molecular formula is C9H18O3. The molecule has 0 aliphatic heterocycles. The zero-order valence-corrected chi connectivity index (χ0v) is 8.29. The molecule has 2 unspecified atom stereocenters. The van der Waals surface area contributed by atoms with Crippen LogP contribution in [0.2, 0.25) is 0 Å². The van der Waals surface area contributed by atoms with Crippen LogP contribution in [0.5, 0.6) is 0 Å². The van der Waals surface area contributed by atoms with Crippen molar-refractivity contribution in [2.45, 2.75) is 46.3 Å². The summed E-state index contributed by atoms with van der Waals surface area (Å²) >= 11 is 0. The first-order valence-corrected chi connectivity index (χ1v) is 4.35. The topological polar surface area (TPSA) is 35.5 Å². The minimum absolute atomic E-state index is 0.0518. The van der Waals surface area contributed by atoms with Crippen molar-refractivity contribution in [2.24, 2.45) is 0 Å². The van der Waals surface area contributed by atoms with Gasteiger partial charge in [0.1, 0.15) is 6.10 Å². The van der Waals surface area contributed by atoms with E-state index in [0.29, 0.717) is 6.61 Å². The van der Waals surface area contributed by atoms with Crippen LogP contribution in [-0.2, 0) is 14.3 Å². The normalized spacial score (nSPS) is 15.3. The summed E-state index contributed by atoms with van der Waals surface area (Å²) in [6, 6.07) is 0. The van der Waals surface area contributed by atoms with Crippen molar-refractivity contribution in [1.29, 1.82) is 0 Å². The van der Waals surface area contributed by atoms with Crippen LogP contribution in [0, 0.1) is 0 Å². The number of hydrogen-bond acceptors (Lipinski definition) is 3. The summed E-state index contributed by atoms with van der Waals surface area (Å²) in [4.78, 5) is 10.5. The molecule has 0 rings (SSSR count). The molecule has 3 nitrogen and oxygen atoms in total. The third kappa shape index (κ3) is 6.16. The van der Waals surface area contributed by atoms with Crippen molar-refractivity contribution in [3.63, 3.8) is 0 Å². The molecule has 0 N–H and O–H groups in total. The van der Waals surface area contributed by atoms with E-state index < -0.39 is 0 Å². The van der Waals surface area contributed by atoms with Crippen molar-refractivity contribution < 1.29 is 14.3 Å². The van der Waals surface area contributed by atoms with Crippen LogP contribution in [-0.4, -0.2) is 24.8 Å². The Labute approximate surface area is 74.0 Å². The molecule has 0 heterocycles. The zero-order chi connectivity index (χ0) is 9.56. The van der Waals surface area contributed by atoms with Crippen LogP contribution in [0.1, 0.15) is 34.1 Å². The van der Waals surface area contributed by atoms with Gasteiger partial charge in [0.05, 0.1) is 6.10 Å².